The third kappa shape index (κ3) is 3.45. The molecule has 18 heavy (non-hydrogen) atoms. The number of benzene rings is 1. The molecule has 4 N–H and O–H groups in total. The number of aromatic amines is 1. The van der Waals surface area contributed by atoms with Crippen molar-refractivity contribution < 1.29 is 4.42 Å². The predicted octanol–water partition coefficient (Wildman–Crippen LogP) is 1.34. The van der Waals surface area contributed by atoms with Crippen LogP contribution in [0.3, 0.4) is 0 Å². The average Bonchev–Trinajstić information content (AvgIpc) is 2.67. The lowest BCUT2D eigenvalue weighted by molar-refractivity contribution is 0.555. The third-order valence-electron chi connectivity index (χ3n) is 2.83. The van der Waals surface area contributed by atoms with Gasteiger partial charge >= 0.3 is 5.76 Å². The van der Waals surface area contributed by atoms with Gasteiger partial charge in [0.15, 0.2) is 5.58 Å². The van der Waals surface area contributed by atoms with Crippen LogP contribution in [-0.2, 0) is 6.54 Å². The SMILES string of the molecule is CC(N)CCCNCc1ccc2oc(=O)[nH]c2c1. The third-order valence-corrected chi connectivity index (χ3v) is 2.83. The fourth-order valence-electron chi connectivity index (χ4n) is 1.89. The number of aromatic nitrogens is 1. The Bertz CT molecular complexity index is 557. The number of rotatable bonds is 6. The van der Waals surface area contributed by atoms with E-state index in [1.165, 1.54) is 0 Å². The van der Waals surface area contributed by atoms with E-state index in [0.717, 1.165) is 37.0 Å². The van der Waals surface area contributed by atoms with Gasteiger partial charge < -0.3 is 15.5 Å². The Morgan fingerprint density at radius 3 is 3.11 bits per heavy atom. The number of oxazole rings is 1. The smallest absolute Gasteiger partial charge is 0.408 e. The molecule has 0 saturated carbocycles. The van der Waals surface area contributed by atoms with Crippen molar-refractivity contribution in [3.8, 4) is 0 Å². The first kappa shape index (κ1) is 12.9. The van der Waals surface area contributed by atoms with Crippen LogP contribution < -0.4 is 16.8 Å². The van der Waals surface area contributed by atoms with E-state index in [2.05, 4.69) is 10.3 Å². The van der Waals surface area contributed by atoms with E-state index < -0.39 is 5.76 Å². The molecule has 5 heteroatoms. The molecule has 0 aliphatic heterocycles. The minimum Gasteiger partial charge on any atom is -0.408 e. The summed E-state index contributed by atoms with van der Waals surface area (Å²) >= 11 is 0. The molecule has 0 aliphatic rings. The summed E-state index contributed by atoms with van der Waals surface area (Å²) in [5.41, 5.74) is 8.15. The Hall–Kier alpha value is -1.59. The molecule has 2 rings (SSSR count). The predicted molar refractivity (Wildman–Crippen MR) is 71.4 cm³/mol. The molecule has 98 valence electrons. The zero-order valence-electron chi connectivity index (χ0n) is 10.5. The van der Waals surface area contributed by atoms with Gasteiger partial charge in [-0.2, -0.15) is 0 Å². The number of nitrogens with two attached hydrogens (primary N) is 1. The highest BCUT2D eigenvalue weighted by atomic mass is 16.4. The van der Waals surface area contributed by atoms with Gasteiger partial charge in [0.1, 0.15) is 0 Å². The Morgan fingerprint density at radius 2 is 2.33 bits per heavy atom. The van der Waals surface area contributed by atoms with Crippen LogP contribution in [0, 0.1) is 0 Å². The second kappa shape index (κ2) is 5.84. The van der Waals surface area contributed by atoms with Gasteiger partial charge in [-0.3, -0.25) is 4.98 Å². The largest absolute Gasteiger partial charge is 0.417 e. The Morgan fingerprint density at radius 1 is 1.50 bits per heavy atom. The number of fused-ring (bicyclic) bond motifs is 1. The van der Waals surface area contributed by atoms with E-state index in [0.29, 0.717) is 5.58 Å². The van der Waals surface area contributed by atoms with Gasteiger partial charge in [-0.15, -0.1) is 0 Å². The van der Waals surface area contributed by atoms with Gasteiger partial charge in [-0.05, 0) is 44.0 Å². The molecule has 1 unspecified atom stereocenters. The van der Waals surface area contributed by atoms with E-state index in [-0.39, 0.29) is 6.04 Å². The van der Waals surface area contributed by atoms with Crippen LogP contribution in [0.2, 0.25) is 0 Å². The van der Waals surface area contributed by atoms with Crippen molar-refractivity contribution in [1.82, 2.24) is 10.3 Å². The molecule has 1 aromatic carbocycles. The highest BCUT2D eigenvalue weighted by Gasteiger charge is 2.01. The molecule has 0 saturated heterocycles. The van der Waals surface area contributed by atoms with Crippen molar-refractivity contribution >= 4 is 11.1 Å². The van der Waals surface area contributed by atoms with Crippen LogP contribution in [0.15, 0.2) is 27.4 Å². The van der Waals surface area contributed by atoms with E-state index >= 15 is 0 Å². The van der Waals surface area contributed by atoms with Crippen molar-refractivity contribution in [3.63, 3.8) is 0 Å². The second-order valence-corrected chi connectivity index (χ2v) is 4.64. The quantitative estimate of drug-likeness (QED) is 0.674. The molecule has 2 aromatic rings. The summed E-state index contributed by atoms with van der Waals surface area (Å²) < 4.78 is 4.95. The molecule has 1 aromatic heterocycles. The number of H-pyrrole nitrogens is 1. The molecular weight excluding hydrogens is 230 g/mol. The summed E-state index contributed by atoms with van der Waals surface area (Å²) in [6, 6.07) is 5.96. The van der Waals surface area contributed by atoms with Crippen LogP contribution in [-0.4, -0.2) is 17.6 Å². The number of nitrogens with one attached hydrogen (secondary N) is 2. The summed E-state index contributed by atoms with van der Waals surface area (Å²) in [4.78, 5) is 13.7. The lowest BCUT2D eigenvalue weighted by atomic mass is 10.2. The van der Waals surface area contributed by atoms with E-state index in [1.54, 1.807) is 0 Å². The molecule has 5 nitrogen and oxygen atoms in total. The normalized spacial score (nSPS) is 13.0. The van der Waals surface area contributed by atoms with E-state index in [9.17, 15) is 4.79 Å². The Labute approximate surface area is 105 Å². The molecule has 0 bridgehead atoms. The van der Waals surface area contributed by atoms with Crippen LogP contribution in [0.25, 0.3) is 11.1 Å². The zero-order valence-corrected chi connectivity index (χ0v) is 10.5. The summed E-state index contributed by atoms with van der Waals surface area (Å²) in [6.07, 6.45) is 2.10. The average molecular weight is 249 g/mol. The van der Waals surface area contributed by atoms with Gasteiger partial charge in [0.25, 0.3) is 0 Å². The topological polar surface area (TPSA) is 84.0 Å². The summed E-state index contributed by atoms with van der Waals surface area (Å²) in [6.45, 7) is 3.74. The van der Waals surface area contributed by atoms with E-state index in [4.69, 9.17) is 10.2 Å². The maximum absolute atomic E-state index is 11.0. The lowest BCUT2D eigenvalue weighted by Crippen LogP contribution is -2.19. The molecule has 0 spiro atoms. The maximum Gasteiger partial charge on any atom is 0.417 e. The van der Waals surface area contributed by atoms with Gasteiger partial charge in [0.05, 0.1) is 5.52 Å². The number of hydrogen-bond acceptors (Lipinski definition) is 4. The van der Waals surface area contributed by atoms with Gasteiger partial charge in [0.2, 0.25) is 0 Å². The van der Waals surface area contributed by atoms with Crippen LogP contribution in [0.1, 0.15) is 25.3 Å². The first-order valence-corrected chi connectivity index (χ1v) is 6.23. The minimum absolute atomic E-state index is 0.263. The van der Waals surface area contributed by atoms with Crippen molar-refractivity contribution in [2.24, 2.45) is 5.73 Å². The first-order chi connectivity index (χ1) is 8.65. The van der Waals surface area contributed by atoms with Crippen LogP contribution >= 0.6 is 0 Å². The van der Waals surface area contributed by atoms with Crippen molar-refractivity contribution in [2.75, 3.05) is 6.54 Å². The highest BCUT2D eigenvalue weighted by Crippen LogP contribution is 2.11. The van der Waals surface area contributed by atoms with Crippen molar-refractivity contribution in [1.29, 1.82) is 0 Å². The maximum atomic E-state index is 11.0. The summed E-state index contributed by atoms with van der Waals surface area (Å²) in [7, 11) is 0. The fraction of sp³-hybridized carbons (Fsp3) is 0.462. The minimum atomic E-state index is -0.410. The lowest BCUT2D eigenvalue weighted by Gasteiger charge is -2.06. The zero-order chi connectivity index (χ0) is 13.0. The fourth-order valence-corrected chi connectivity index (χ4v) is 1.89. The van der Waals surface area contributed by atoms with Crippen molar-refractivity contribution in [2.45, 2.75) is 32.4 Å². The monoisotopic (exact) mass is 249 g/mol. The first-order valence-electron chi connectivity index (χ1n) is 6.23. The molecular formula is C13H19N3O2. The van der Waals surface area contributed by atoms with Gasteiger partial charge in [-0.1, -0.05) is 6.07 Å². The Balaban J connectivity index is 1.86. The molecule has 0 aliphatic carbocycles. The standard InChI is InChI=1S/C13H19N3O2/c1-9(14)3-2-6-15-8-10-4-5-12-11(7-10)16-13(17)18-12/h4-5,7,9,15H,2-3,6,8,14H2,1H3,(H,16,17). The molecule has 1 heterocycles. The summed E-state index contributed by atoms with van der Waals surface area (Å²) in [5.74, 6) is -0.410. The second-order valence-electron chi connectivity index (χ2n) is 4.64. The molecule has 0 radical (unpaired) electrons. The van der Waals surface area contributed by atoms with Crippen LogP contribution in [0.5, 0.6) is 0 Å². The van der Waals surface area contributed by atoms with Crippen LogP contribution in [0.4, 0.5) is 0 Å². The Kier molecular flexibility index (Phi) is 4.17. The molecule has 0 fully saturated rings. The highest BCUT2D eigenvalue weighted by molar-refractivity contribution is 5.72. The van der Waals surface area contributed by atoms with Crippen molar-refractivity contribution in [3.05, 3.63) is 34.3 Å². The van der Waals surface area contributed by atoms with Gasteiger partial charge in [-0.25, -0.2) is 4.79 Å². The summed E-state index contributed by atoms with van der Waals surface area (Å²) in [5, 5.41) is 3.35. The van der Waals surface area contributed by atoms with E-state index in [1.807, 2.05) is 25.1 Å². The molecule has 1 atom stereocenters. The number of hydrogen-bond donors (Lipinski definition) is 3. The molecule has 0 amide bonds. The van der Waals surface area contributed by atoms with Gasteiger partial charge in [0, 0.05) is 12.6 Å².